The summed E-state index contributed by atoms with van der Waals surface area (Å²) >= 11 is 0. The lowest BCUT2D eigenvalue weighted by molar-refractivity contribution is -0.128. The molecule has 0 aromatic rings. The predicted octanol–water partition coefficient (Wildman–Crippen LogP) is -0.291. The van der Waals surface area contributed by atoms with Gasteiger partial charge in [0.05, 0.1) is 0 Å². The third-order valence-electron chi connectivity index (χ3n) is 3.31. The van der Waals surface area contributed by atoms with E-state index in [4.69, 9.17) is 5.26 Å². The smallest absolute Gasteiger partial charge is 0.266 e. The molecule has 0 radical (unpaired) electrons. The first kappa shape index (κ1) is 16.5. The molecule has 1 heterocycles. The highest BCUT2D eigenvalue weighted by Gasteiger charge is 2.21. The van der Waals surface area contributed by atoms with E-state index in [9.17, 15) is 4.79 Å². The summed E-state index contributed by atoms with van der Waals surface area (Å²) in [4.78, 5) is 18.2. The number of hydrogen-bond acceptors (Lipinski definition) is 5. The number of hydrogen-bond donors (Lipinski definition) is 1. The fraction of sp³-hybridized carbons (Fsp3) is 0.714. The van der Waals surface area contributed by atoms with Gasteiger partial charge in [-0.25, -0.2) is 0 Å². The monoisotopic (exact) mass is 279 g/mol. The summed E-state index contributed by atoms with van der Waals surface area (Å²) in [6, 6.07) is 1.99. The van der Waals surface area contributed by atoms with Gasteiger partial charge in [-0.05, 0) is 34.1 Å². The average Bonchev–Trinajstić information content (AvgIpc) is 2.42. The molecule has 1 fully saturated rings. The van der Waals surface area contributed by atoms with Crippen molar-refractivity contribution in [2.24, 2.45) is 0 Å². The molecule has 0 aliphatic carbocycles. The summed E-state index contributed by atoms with van der Waals surface area (Å²) in [5, 5.41) is 12.2. The molecule has 1 aliphatic rings. The van der Waals surface area contributed by atoms with Gasteiger partial charge in [-0.15, -0.1) is 0 Å². The van der Waals surface area contributed by atoms with Crippen molar-refractivity contribution < 1.29 is 4.79 Å². The second-order valence-electron chi connectivity index (χ2n) is 5.38. The van der Waals surface area contributed by atoms with Crippen LogP contribution >= 0.6 is 0 Å². The number of likely N-dealkylation sites (N-methyl/N-ethyl adjacent to an activating group) is 1. The minimum absolute atomic E-state index is 0.166. The van der Waals surface area contributed by atoms with Gasteiger partial charge in [0.15, 0.2) is 0 Å². The first-order valence-corrected chi connectivity index (χ1v) is 7.01. The second kappa shape index (κ2) is 8.56. The maximum absolute atomic E-state index is 12.2. The molecule has 1 N–H and O–H groups in total. The molecule has 1 aliphatic heterocycles. The molecule has 1 rings (SSSR count). The molecular formula is C14H25N5O. The SMILES string of the molecule is CN(C)CCCN/C=C(/C#N)C(=O)N1CCN(C)CC1. The van der Waals surface area contributed by atoms with Crippen LogP contribution in [0.25, 0.3) is 0 Å². The van der Waals surface area contributed by atoms with Gasteiger partial charge >= 0.3 is 0 Å². The van der Waals surface area contributed by atoms with Crippen molar-refractivity contribution >= 4 is 5.91 Å². The number of amides is 1. The fourth-order valence-corrected chi connectivity index (χ4v) is 1.99. The van der Waals surface area contributed by atoms with Gasteiger partial charge in [-0.2, -0.15) is 5.26 Å². The molecule has 0 saturated carbocycles. The molecule has 0 aromatic heterocycles. The first-order valence-electron chi connectivity index (χ1n) is 7.01. The zero-order valence-corrected chi connectivity index (χ0v) is 12.7. The van der Waals surface area contributed by atoms with Crippen molar-refractivity contribution in [2.75, 3.05) is 60.4 Å². The summed E-state index contributed by atoms with van der Waals surface area (Å²) < 4.78 is 0. The molecule has 0 unspecified atom stereocenters. The maximum atomic E-state index is 12.2. The molecule has 0 aromatic carbocycles. The van der Waals surface area contributed by atoms with Gasteiger partial charge in [-0.1, -0.05) is 0 Å². The molecule has 0 bridgehead atoms. The first-order chi connectivity index (χ1) is 9.54. The van der Waals surface area contributed by atoms with E-state index in [1.807, 2.05) is 27.2 Å². The van der Waals surface area contributed by atoms with Crippen LogP contribution in [0.4, 0.5) is 0 Å². The number of rotatable bonds is 6. The molecule has 112 valence electrons. The van der Waals surface area contributed by atoms with Gasteiger partial charge in [0.1, 0.15) is 11.6 Å². The quantitative estimate of drug-likeness (QED) is 0.411. The normalized spacial score (nSPS) is 17.1. The number of nitriles is 1. The fourth-order valence-electron chi connectivity index (χ4n) is 1.99. The van der Waals surface area contributed by atoms with Crippen molar-refractivity contribution in [3.63, 3.8) is 0 Å². The van der Waals surface area contributed by atoms with Gasteiger partial charge in [0.2, 0.25) is 0 Å². The Morgan fingerprint density at radius 1 is 1.35 bits per heavy atom. The highest BCUT2D eigenvalue weighted by atomic mass is 16.2. The topological polar surface area (TPSA) is 62.6 Å². The Labute approximate surface area is 121 Å². The predicted molar refractivity (Wildman–Crippen MR) is 78.9 cm³/mol. The highest BCUT2D eigenvalue weighted by molar-refractivity contribution is 5.97. The highest BCUT2D eigenvalue weighted by Crippen LogP contribution is 2.05. The third kappa shape index (κ3) is 5.59. The Kier molecular flexibility index (Phi) is 7.05. The summed E-state index contributed by atoms with van der Waals surface area (Å²) in [6.07, 6.45) is 2.53. The number of nitrogens with one attached hydrogen (secondary N) is 1. The molecule has 6 heteroatoms. The van der Waals surface area contributed by atoms with Gasteiger partial charge in [0, 0.05) is 38.9 Å². The van der Waals surface area contributed by atoms with Crippen molar-refractivity contribution in [2.45, 2.75) is 6.42 Å². The van der Waals surface area contributed by atoms with Gasteiger partial charge < -0.3 is 20.0 Å². The largest absolute Gasteiger partial charge is 0.390 e. The molecule has 1 amide bonds. The van der Waals surface area contributed by atoms with Crippen LogP contribution in [0.1, 0.15) is 6.42 Å². The number of carbonyl (C=O) groups excluding carboxylic acids is 1. The Morgan fingerprint density at radius 2 is 2.00 bits per heavy atom. The van der Waals surface area contributed by atoms with Crippen LogP contribution in [0.3, 0.4) is 0 Å². The summed E-state index contributed by atoms with van der Waals surface area (Å²) in [7, 11) is 6.08. The minimum atomic E-state index is -0.166. The van der Waals surface area contributed by atoms with Crippen LogP contribution in [0.2, 0.25) is 0 Å². The van der Waals surface area contributed by atoms with Gasteiger partial charge in [-0.3, -0.25) is 4.79 Å². The molecule has 6 nitrogen and oxygen atoms in total. The van der Waals surface area contributed by atoms with Crippen molar-refractivity contribution in [1.29, 1.82) is 5.26 Å². The Bertz CT molecular complexity index is 378. The second-order valence-corrected chi connectivity index (χ2v) is 5.38. The lowest BCUT2D eigenvalue weighted by atomic mass is 10.2. The van der Waals surface area contributed by atoms with Crippen LogP contribution in [0, 0.1) is 11.3 Å². The van der Waals surface area contributed by atoms with Crippen molar-refractivity contribution in [1.82, 2.24) is 20.0 Å². The number of piperazine rings is 1. The minimum Gasteiger partial charge on any atom is -0.390 e. The van der Waals surface area contributed by atoms with Crippen molar-refractivity contribution in [3.8, 4) is 6.07 Å². The number of carbonyl (C=O) groups is 1. The van der Waals surface area contributed by atoms with E-state index in [-0.39, 0.29) is 11.5 Å². The van der Waals surface area contributed by atoms with E-state index in [2.05, 4.69) is 15.1 Å². The summed E-state index contributed by atoms with van der Waals surface area (Å²) in [5.74, 6) is -0.166. The van der Waals surface area contributed by atoms with E-state index in [1.54, 1.807) is 11.1 Å². The Morgan fingerprint density at radius 3 is 2.55 bits per heavy atom. The summed E-state index contributed by atoms with van der Waals surface area (Å²) in [6.45, 7) is 4.85. The third-order valence-corrected chi connectivity index (χ3v) is 3.31. The van der Waals surface area contributed by atoms with E-state index in [0.717, 1.165) is 32.6 Å². The molecule has 1 saturated heterocycles. The van der Waals surface area contributed by atoms with Crippen molar-refractivity contribution in [3.05, 3.63) is 11.8 Å². The summed E-state index contributed by atoms with van der Waals surface area (Å²) in [5.41, 5.74) is 0.194. The molecule has 0 atom stereocenters. The molecular weight excluding hydrogens is 254 g/mol. The molecule has 20 heavy (non-hydrogen) atoms. The van der Waals surface area contributed by atoms with E-state index in [1.165, 1.54) is 0 Å². The number of nitrogens with zero attached hydrogens (tertiary/aromatic N) is 4. The Balaban J connectivity index is 2.40. The van der Waals surface area contributed by atoms with Crippen LogP contribution in [-0.4, -0.2) is 81.0 Å². The lowest BCUT2D eigenvalue weighted by Crippen LogP contribution is -2.47. The van der Waals surface area contributed by atoms with E-state index >= 15 is 0 Å². The molecule has 0 spiro atoms. The lowest BCUT2D eigenvalue weighted by Gasteiger charge is -2.32. The zero-order valence-electron chi connectivity index (χ0n) is 12.7. The Hall–Kier alpha value is -1.58. The van der Waals surface area contributed by atoms with Crippen LogP contribution in [0.5, 0.6) is 0 Å². The van der Waals surface area contributed by atoms with Crippen LogP contribution in [-0.2, 0) is 4.79 Å². The standard InChI is InChI=1S/C14H25N5O/c1-17(2)6-4-5-16-12-13(11-15)14(20)19-9-7-18(3)8-10-19/h12,16H,4-10H2,1-3H3/b13-12-. The van der Waals surface area contributed by atoms with Gasteiger partial charge in [0.25, 0.3) is 5.91 Å². The van der Waals surface area contributed by atoms with E-state index < -0.39 is 0 Å². The van der Waals surface area contributed by atoms with E-state index in [0.29, 0.717) is 13.1 Å². The van der Waals surface area contributed by atoms with Crippen LogP contribution < -0.4 is 5.32 Å². The van der Waals surface area contributed by atoms with Crippen LogP contribution in [0.15, 0.2) is 11.8 Å². The maximum Gasteiger partial charge on any atom is 0.266 e. The zero-order chi connectivity index (χ0) is 15.0. The average molecular weight is 279 g/mol.